The summed E-state index contributed by atoms with van der Waals surface area (Å²) in [5.41, 5.74) is 0. The van der Waals surface area contributed by atoms with Gasteiger partial charge < -0.3 is 14.2 Å². The first kappa shape index (κ1) is 16.1. The van der Waals surface area contributed by atoms with Crippen LogP contribution in [0.5, 0.6) is 11.5 Å². The minimum absolute atomic E-state index is 0.0647. The van der Waals surface area contributed by atoms with Gasteiger partial charge in [0.2, 0.25) is 10.0 Å². The van der Waals surface area contributed by atoms with Gasteiger partial charge in [-0.15, -0.1) is 0 Å². The Morgan fingerprint density at radius 2 is 2.10 bits per heavy atom. The highest BCUT2D eigenvalue weighted by molar-refractivity contribution is 7.89. The molecule has 1 aliphatic rings. The van der Waals surface area contributed by atoms with E-state index in [4.69, 9.17) is 14.2 Å². The van der Waals surface area contributed by atoms with E-state index in [9.17, 15) is 8.42 Å². The molecule has 0 bridgehead atoms. The van der Waals surface area contributed by atoms with Gasteiger partial charge in [-0.3, -0.25) is 0 Å². The third-order valence-corrected chi connectivity index (χ3v) is 5.43. The Hall–Kier alpha value is -1.31. The average Bonchev–Trinajstić information content (AvgIpc) is 2.54. The molecule has 1 aliphatic heterocycles. The first-order valence-electron chi connectivity index (χ1n) is 6.86. The van der Waals surface area contributed by atoms with Crippen LogP contribution in [0.3, 0.4) is 0 Å². The number of hydrogen-bond acceptors (Lipinski definition) is 5. The van der Waals surface area contributed by atoms with E-state index in [0.717, 1.165) is 6.42 Å². The third kappa shape index (κ3) is 3.30. The molecule has 0 saturated carbocycles. The molecular formula is C14H21NO5S. The molecule has 1 aromatic rings. The normalized spacial score (nSPS) is 20.2. The number of nitrogens with zero attached hydrogens (tertiary/aromatic N) is 1. The molecule has 1 heterocycles. The van der Waals surface area contributed by atoms with Gasteiger partial charge in [-0.05, 0) is 18.6 Å². The summed E-state index contributed by atoms with van der Waals surface area (Å²) < 4.78 is 42.9. The van der Waals surface area contributed by atoms with Crippen molar-refractivity contribution in [3.8, 4) is 11.5 Å². The second kappa shape index (κ2) is 6.64. The van der Waals surface area contributed by atoms with Crippen molar-refractivity contribution in [2.24, 2.45) is 0 Å². The van der Waals surface area contributed by atoms with Crippen LogP contribution in [0, 0.1) is 0 Å². The molecule has 0 spiro atoms. The molecule has 21 heavy (non-hydrogen) atoms. The summed E-state index contributed by atoms with van der Waals surface area (Å²) in [6, 6.07) is 4.76. The first-order valence-corrected chi connectivity index (χ1v) is 8.30. The Bertz CT molecular complexity index is 587. The summed E-state index contributed by atoms with van der Waals surface area (Å²) in [5.74, 6) is 0.796. The molecule has 1 unspecified atom stereocenters. The Kier molecular flexibility index (Phi) is 5.08. The van der Waals surface area contributed by atoms with Gasteiger partial charge in [-0.1, -0.05) is 6.92 Å². The van der Waals surface area contributed by atoms with E-state index >= 15 is 0 Å². The second-order valence-corrected chi connectivity index (χ2v) is 6.69. The zero-order valence-electron chi connectivity index (χ0n) is 12.5. The minimum atomic E-state index is -3.63. The van der Waals surface area contributed by atoms with E-state index in [1.807, 2.05) is 6.92 Å². The van der Waals surface area contributed by atoms with E-state index in [2.05, 4.69) is 0 Å². The summed E-state index contributed by atoms with van der Waals surface area (Å²) >= 11 is 0. The predicted octanol–water partition coefficient (Wildman–Crippen LogP) is 1.50. The second-order valence-electron chi connectivity index (χ2n) is 4.78. The lowest BCUT2D eigenvalue weighted by Gasteiger charge is -2.32. The van der Waals surface area contributed by atoms with E-state index in [1.165, 1.54) is 24.6 Å². The topological polar surface area (TPSA) is 65.1 Å². The Morgan fingerprint density at radius 3 is 2.71 bits per heavy atom. The summed E-state index contributed by atoms with van der Waals surface area (Å²) in [6.45, 7) is 3.09. The highest BCUT2D eigenvalue weighted by atomic mass is 32.2. The molecule has 0 aromatic heterocycles. The maximum absolute atomic E-state index is 12.8. The molecule has 1 atom stereocenters. The smallest absolute Gasteiger partial charge is 0.247 e. The number of hydrogen-bond donors (Lipinski definition) is 0. The fraction of sp³-hybridized carbons (Fsp3) is 0.571. The van der Waals surface area contributed by atoms with Gasteiger partial charge in [0, 0.05) is 19.2 Å². The fourth-order valence-electron chi connectivity index (χ4n) is 2.28. The van der Waals surface area contributed by atoms with E-state index in [-0.39, 0.29) is 11.0 Å². The van der Waals surface area contributed by atoms with E-state index in [1.54, 1.807) is 12.1 Å². The van der Waals surface area contributed by atoms with Crippen LogP contribution in [0.2, 0.25) is 0 Å². The van der Waals surface area contributed by atoms with Gasteiger partial charge in [0.05, 0.1) is 26.9 Å². The third-order valence-electron chi connectivity index (χ3n) is 3.55. The van der Waals surface area contributed by atoms with Gasteiger partial charge >= 0.3 is 0 Å². The van der Waals surface area contributed by atoms with E-state index < -0.39 is 10.0 Å². The lowest BCUT2D eigenvalue weighted by Crippen LogP contribution is -2.45. The molecule has 0 N–H and O–H groups in total. The SMILES string of the molecule is CCC1CN(S(=O)(=O)c2cc(OC)ccc2OC)CCO1. The molecule has 2 rings (SSSR count). The molecular weight excluding hydrogens is 294 g/mol. The molecule has 6 nitrogen and oxygen atoms in total. The van der Waals surface area contributed by atoms with Crippen molar-refractivity contribution in [2.75, 3.05) is 33.9 Å². The molecule has 0 radical (unpaired) electrons. The Labute approximate surface area is 125 Å². The Balaban J connectivity index is 2.38. The van der Waals surface area contributed by atoms with Crippen molar-refractivity contribution in [3.63, 3.8) is 0 Å². The fourth-order valence-corrected chi connectivity index (χ4v) is 3.91. The molecule has 0 aliphatic carbocycles. The highest BCUT2D eigenvalue weighted by Crippen LogP contribution is 2.31. The molecule has 1 saturated heterocycles. The van der Waals surface area contributed by atoms with Crippen LogP contribution in [0.4, 0.5) is 0 Å². The van der Waals surface area contributed by atoms with Gasteiger partial charge in [-0.2, -0.15) is 4.31 Å². The summed E-state index contributed by atoms with van der Waals surface area (Å²) in [4.78, 5) is 0.126. The van der Waals surface area contributed by atoms with Crippen LogP contribution in [-0.4, -0.2) is 52.7 Å². The summed E-state index contributed by atoms with van der Waals surface area (Å²) in [7, 11) is -0.679. The van der Waals surface area contributed by atoms with Crippen molar-refractivity contribution in [1.82, 2.24) is 4.31 Å². The number of ether oxygens (including phenoxy) is 3. The zero-order chi connectivity index (χ0) is 15.5. The first-order chi connectivity index (χ1) is 10.0. The summed E-state index contributed by atoms with van der Waals surface area (Å²) in [5, 5.41) is 0. The van der Waals surface area contributed by atoms with Crippen LogP contribution < -0.4 is 9.47 Å². The standard InChI is InChI=1S/C14H21NO5S/c1-4-11-10-15(7-8-20-11)21(16,17)14-9-12(18-2)5-6-13(14)19-3/h5-6,9,11H,4,7-8,10H2,1-3H3. The molecule has 1 fully saturated rings. The van der Waals surface area contributed by atoms with E-state index in [0.29, 0.717) is 31.2 Å². The molecule has 118 valence electrons. The van der Waals surface area contributed by atoms with Crippen molar-refractivity contribution in [3.05, 3.63) is 18.2 Å². The molecule has 1 aromatic carbocycles. The quantitative estimate of drug-likeness (QED) is 0.824. The van der Waals surface area contributed by atoms with Crippen LogP contribution in [0.1, 0.15) is 13.3 Å². The lowest BCUT2D eigenvalue weighted by atomic mass is 10.2. The van der Waals surface area contributed by atoms with Gasteiger partial charge in [0.1, 0.15) is 16.4 Å². The monoisotopic (exact) mass is 315 g/mol. The minimum Gasteiger partial charge on any atom is -0.497 e. The lowest BCUT2D eigenvalue weighted by molar-refractivity contribution is -0.00281. The molecule has 0 amide bonds. The van der Waals surface area contributed by atoms with Crippen LogP contribution in [0.15, 0.2) is 23.1 Å². The summed E-state index contributed by atoms with van der Waals surface area (Å²) in [6.07, 6.45) is 0.714. The largest absolute Gasteiger partial charge is 0.497 e. The van der Waals surface area contributed by atoms with Crippen molar-refractivity contribution < 1.29 is 22.6 Å². The van der Waals surface area contributed by atoms with Gasteiger partial charge in [-0.25, -0.2) is 8.42 Å². The average molecular weight is 315 g/mol. The maximum atomic E-state index is 12.8. The Morgan fingerprint density at radius 1 is 1.33 bits per heavy atom. The number of sulfonamides is 1. The maximum Gasteiger partial charge on any atom is 0.247 e. The number of methoxy groups -OCH3 is 2. The zero-order valence-corrected chi connectivity index (χ0v) is 13.4. The van der Waals surface area contributed by atoms with Crippen molar-refractivity contribution in [2.45, 2.75) is 24.3 Å². The van der Waals surface area contributed by atoms with Crippen LogP contribution >= 0.6 is 0 Å². The number of benzene rings is 1. The number of morpholine rings is 1. The van der Waals surface area contributed by atoms with Crippen LogP contribution in [0.25, 0.3) is 0 Å². The number of rotatable bonds is 5. The van der Waals surface area contributed by atoms with Crippen molar-refractivity contribution in [1.29, 1.82) is 0 Å². The highest BCUT2D eigenvalue weighted by Gasteiger charge is 2.32. The van der Waals surface area contributed by atoms with Gasteiger partial charge in [0.15, 0.2) is 0 Å². The predicted molar refractivity (Wildman–Crippen MR) is 78.3 cm³/mol. The van der Waals surface area contributed by atoms with Gasteiger partial charge in [0.25, 0.3) is 0 Å². The van der Waals surface area contributed by atoms with Crippen LogP contribution in [-0.2, 0) is 14.8 Å². The van der Waals surface area contributed by atoms with Crippen molar-refractivity contribution >= 4 is 10.0 Å². The molecule has 7 heteroatoms.